The third-order valence-electron chi connectivity index (χ3n) is 4.60. The van der Waals surface area contributed by atoms with Gasteiger partial charge in [0.05, 0.1) is 11.3 Å². The third kappa shape index (κ3) is 4.51. The van der Waals surface area contributed by atoms with Crippen LogP contribution >= 0.6 is 0 Å². The Bertz CT molecular complexity index is 848. The summed E-state index contributed by atoms with van der Waals surface area (Å²) in [5.41, 5.74) is 1.53. The molecule has 0 aromatic heterocycles. The van der Waals surface area contributed by atoms with E-state index in [1.54, 1.807) is 28.6 Å². The van der Waals surface area contributed by atoms with Gasteiger partial charge in [-0.25, -0.2) is 8.42 Å². The van der Waals surface area contributed by atoms with E-state index >= 15 is 0 Å². The van der Waals surface area contributed by atoms with E-state index in [4.69, 9.17) is 0 Å². The van der Waals surface area contributed by atoms with Gasteiger partial charge in [-0.1, -0.05) is 37.3 Å². The summed E-state index contributed by atoms with van der Waals surface area (Å²) in [6.07, 6.45) is 2.25. The number of nitrogens with one attached hydrogen (secondary N) is 1. The second kappa shape index (κ2) is 8.01. The van der Waals surface area contributed by atoms with E-state index < -0.39 is 10.0 Å². The Labute approximate surface area is 155 Å². The molecule has 6 heteroatoms. The lowest BCUT2D eigenvalue weighted by atomic mass is 10.0. The van der Waals surface area contributed by atoms with Gasteiger partial charge < -0.3 is 5.32 Å². The van der Waals surface area contributed by atoms with Crippen molar-refractivity contribution in [3.8, 4) is 0 Å². The zero-order valence-corrected chi connectivity index (χ0v) is 15.7. The average molecular weight is 372 g/mol. The van der Waals surface area contributed by atoms with Crippen LogP contribution in [0.1, 0.15) is 25.3 Å². The van der Waals surface area contributed by atoms with Crippen LogP contribution in [0, 0.1) is 5.92 Å². The first-order valence-electron chi connectivity index (χ1n) is 8.89. The fourth-order valence-electron chi connectivity index (χ4n) is 3.21. The van der Waals surface area contributed by atoms with E-state index in [9.17, 15) is 13.2 Å². The summed E-state index contributed by atoms with van der Waals surface area (Å²) in [5, 5.41) is 2.81. The Hall–Kier alpha value is -2.18. The Balaban J connectivity index is 1.65. The van der Waals surface area contributed by atoms with Crippen LogP contribution < -0.4 is 5.32 Å². The molecule has 0 unspecified atom stereocenters. The first kappa shape index (κ1) is 18.6. The molecule has 0 radical (unpaired) electrons. The zero-order chi connectivity index (χ0) is 18.6. The number of anilines is 1. The maximum atomic E-state index is 12.7. The van der Waals surface area contributed by atoms with Crippen LogP contribution in [0.5, 0.6) is 0 Å². The number of piperidine rings is 1. The summed E-state index contributed by atoms with van der Waals surface area (Å²) >= 11 is 0. The van der Waals surface area contributed by atoms with Crippen molar-refractivity contribution in [3.63, 3.8) is 0 Å². The normalized spacial score (nSPS) is 18.4. The summed E-state index contributed by atoms with van der Waals surface area (Å²) in [7, 11) is -3.47. The number of hydrogen-bond donors (Lipinski definition) is 1. The van der Waals surface area contributed by atoms with Crippen molar-refractivity contribution in [1.82, 2.24) is 4.31 Å². The Morgan fingerprint density at radius 1 is 1.12 bits per heavy atom. The first-order chi connectivity index (χ1) is 12.4. The summed E-state index contributed by atoms with van der Waals surface area (Å²) in [6, 6.07) is 15.9. The number of nitrogens with zero attached hydrogens (tertiary/aromatic N) is 1. The monoisotopic (exact) mass is 372 g/mol. The molecule has 2 aromatic carbocycles. The number of carbonyl (C=O) groups excluding carboxylic acids is 1. The number of amides is 1. The van der Waals surface area contributed by atoms with Crippen molar-refractivity contribution in [2.75, 3.05) is 18.4 Å². The molecule has 0 aliphatic carbocycles. The lowest BCUT2D eigenvalue weighted by Crippen LogP contribution is -2.39. The van der Waals surface area contributed by atoms with Gasteiger partial charge in [-0.15, -0.1) is 0 Å². The molecule has 5 nitrogen and oxygen atoms in total. The molecule has 1 aliphatic heterocycles. The molecule has 1 atom stereocenters. The average Bonchev–Trinajstić information content (AvgIpc) is 2.63. The van der Waals surface area contributed by atoms with Crippen LogP contribution in [-0.2, 0) is 21.2 Å². The largest absolute Gasteiger partial charge is 0.326 e. The van der Waals surface area contributed by atoms with E-state index in [1.165, 1.54) is 0 Å². The van der Waals surface area contributed by atoms with Gasteiger partial charge in [0.15, 0.2) is 0 Å². The predicted octanol–water partition coefficient (Wildman–Crippen LogP) is 3.29. The van der Waals surface area contributed by atoms with Gasteiger partial charge in [-0.2, -0.15) is 4.31 Å². The molecule has 1 saturated heterocycles. The molecule has 1 amide bonds. The van der Waals surface area contributed by atoms with Crippen molar-refractivity contribution in [2.24, 2.45) is 5.92 Å². The van der Waals surface area contributed by atoms with Crippen LogP contribution in [0.25, 0.3) is 0 Å². The highest BCUT2D eigenvalue weighted by Crippen LogP contribution is 2.24. The lowest BCUT2D eigenvalue weighted by Gasteiger charge is -2.30. The van der Waals surface area contributed by atoms with Crippen molar-refractivity contribution < 1.29 is 13.2 Å². The summed E-state index contributed by atoms with van der Waals surface area (Å²) in [4.78, 5) is 12.4. The van der Waals surface area contributed by atoms with Crippen molar-refractivity contribution in [1.29, 1.82) is 0 Å². The smallest absolute Gasteiger partial charge is 0.243 e. The van der Waals surface area contributed by atoms with Gasteiger partial charge in [0.1, 0.15) is 0 Å². The summed E-state index contributed by atoms with van der Waals surface area (Å²) < 4.78 is 27.1. The molecule has 26 heavy (non-hydrogen) atoms. The predicted molar refractivity (Wildman–Crippen MR) is 102 cm³/mol. The minimum atomic E-state index is -3.47. The topological polar surface area (TPSA) is 66.5 Å². The summed E-state index contributed by atoms with van der Waals surface area (Å²) in [5.74, 6) is 0.256. The highest BCUT2D eigenvalue weighted by Gasteiger charge is 2.28. The molecular formula is C20H24N2O3S. The van der Waals surface area contributed by atoms with Gasteiger partial charge in [-0.05, 0) is 48.6 Å². The fourth-order valence-corrected chi connectivity index (χ4v) is 4.81. The van der Waals surface area contributed by atoms with Gasteiger partial charge in [0.25, 0.3) is 0 Å². The number of benzene rings is 2. The van der Waals surface area contributed by atoms with Crippen LogP contribution in [0.2, 0.25) is 0 Å². The maximum Gasteiger partial charge on any atom is 0.243 e. The van der Waals surface area contributed by atoms with E-state index in [0.29, 0.717) is 24.7 Å². The van der Waals surface area contributed by atoms with Crippen LogP contribution in [-0.4, -0.2) is 31.7 Å². The lowest BCUT2D eigenvalue weighted by molar-refractivity contribution is -0.115. The van der Waals surface area contributed by atoms with Crippen molar-refractivity contribution in [3.05, 3.63) is 60.2 Å². The molecular weight excluding hydrogens is 348 g/mol. The highest BCUT2D eigenvalue weighted by molar-refractivity contribution is 7.89. The fraction of sp³-hybridized carbons (Fsp3) is 0.350. The Kier molecular flexibility index (Phi) is 5.74. The van der Waals surface area contributed by atoms with E-state index in [-0.39, 0.29) is 17.2 Å². The number of carbonyl (C=O) groups is 1. The van der Waals surface area contributed by atoms with Crippen LogP contribution in [0.3, 0.4) is 0 Å². The first-order valence-corrected chi connectivity index (χ1v) is 10.3. The molecule has 0 bridgehead atoms. The summed E-state index contributed by atoms with van der Waals surface area (Å²) in [6.45, 7) is 3.22. The molecule has 2 aromatic rings. The Morgan fingerprint density at radius 3 is 2.46 bits per heavy atom. The highest BCUT2D eigenvalue weighted by atomic mass is 32.2. The third-order valence-corrected chi connectivity index (χ3v) is 6.48. The zero-order valence-electron chi connectivity index (χ0n) is 14.9. The molecule has 1 aliphatic rings. The number of sulfonamides is 1. The molecule has 0 spiro atoms. The quantitative estimate of drug-likeness (QED) is 0.876. The molecule has 1 fully saturated rings. The van der Waals surface area contributed by atoms with Crippen LogP contribution in [0.4, 0.5) is 5.69 Å². The standard InChI is InChI=1S/C20H24N2O3S/c1-16-6-5-13-22(15-16)26(24,25)19-11-9-18(10-12-19)21-20(23)14-17-7-3-2-4-8-17/h2-4,7-12,16H,5-6,13-15H2,1H3,(H,21,23)/t16-/m1/s1. The second-order valence-electron chi connectivity index (χ2n) is 6.85. The van der Waals surface area contributed by atoms with Gasteiger partial charge >= 0.3 is 0 Å². The minimum Gasteiger partial charge on any atom is -0.326 e. The number of hydrogen-bond acceptors (Lipinski definition) is 3. The molecule has 1 heterocycles. The minimum absolute atomic E-state index is 0.128. The molecule has 1 N–H and O–H groups in total. The Morgan fingerprint density at radius 2 is 1.81 bits per heavy atom. The van der Waals surface area contributed by atoms with E-state index in [2.05, 4.69) is 12.2 Å². The maximum absolute atomic E-state index is 12.7. The van der Waals surface area contributed by atoms with Gasteiger partial charge in [-0.3, -0.25) is 4.79 Å². The van der Waals surface area contributed by atoms with E-state index in [0.717, 1.165) is 18.4 Å². The van der Waals surface area contributed by atoms with Gasteiger partial charge in [0, 0.05) is 18.8 Å². The van der Waals surface area contributed by atoms with Crippen LogP contribution in [0.15, 0.2) is 59.5 Å². The van der Waals surface area contributed by atoms with Gasteiger partial charge in [0.2, 0.25) is 15.9 Å². The SMILES string of the molecule is C[C@@H]1CCCN(S(=O)(=O)c2ccc(NC(=O)Cc3ccccc3)cc2)C1. The van der Waals surface area contributed by atoms with Crippen molar-refractivity contribution >= 4 is 21.6 Å². The van der Waals surface area contributed by atoms with E-state index in [1.807, 2.05) is 30.3 Å². The molecule has 0 saturated carbocycles. The van der Waals surface area contributed by atoms with Crippen molar-refractivity contribution in [2.45, 2.75) is 31.1 Å². The number of rotatable bonds is 5. The second-order valence-corrected chi connectivity index (χ2v) is 8.78. The molecule has 3 rings (SSSR count). The molecule has 138 valence electrons.